The average molecular weight is 394 g/mol. The summed E-state index contributed by atoms with van der Waals surface area (Å²) in [7, 11) is -3.74. The lowest BCUT2D eigenvalue weighted by atomic mass is 10.1. The van der Waals surface area contributed by atoms with Gasteiger partial charge in [0, 0.05) is 18.7 Å². The third-order valence-corrected chi connectivity index (χ3v) is 5.42. The second-order valence-electron chi connectivity index (χ2n) is 7.36. The number of ether oxygens (including phenoxy) is 1. The molecule has 1 aliphatic heterocycles. The molecule has 148 valence electrons. The summed E-state index contributed by atoms with van der Waals surface area (Å²) < 4.78 is 32.3. The fourth-order valence-corrected chi connectivity index (χ4v) is 3.88. The molecule has 0 aromatic heterocycles. The topological polar surface area (TPSA) is 92.8 Å². The van der Waals surface area contributed by atoms with E-state index >= 15 is 0 Å². The lowest BCUT2D eigenvalue weighted by Crippen LogP contribution is -2.43. The quantitative estimate of drug-likeness (QED) is 0.589. The normalized spacial score (nSPS) is 17.6. The van der Waals surface area contributed by atoms with E-state index in [1.54, 1.807) is 26.8 Å². The zero-order chi connectivity index (χ0) is 20.2. The molecule has 0 saturated carbocycles. The number of rotatable bonds is 6. The number of carbonyl (C=O) groups is 2. The Balaban J connectivity index is 2.23. The van der Waals surface area contributed by atoms with Crippen LogP contribution in [-0.2, 0) is 19.6 Å². The fourth-order valence-electron chi connectivity index (χ4n) is 2.84. The van der Waals surface area contributed by atoms with E-state index in [2.05, 4.69) is 11.3 Å². The van der Waals surface area contributed by atoms with E-state index in [4.69, 9.17) is 4.74 Å². The van der Waals surface area contributed by atoms with Crippen molar-refractivity contribution in [1.82, 2.24) is 9.62 Å². The van der Waals surface area contributed by atoms with Gasteiger partial charge in [0.15, 0.2) is 0 Å². The molecule has 27 heavy (non-hydrogen) atoms. The number of carbonyl (C=O) groups excluding carboxylic acids is 2. The van der Waals surface area contributed by atoms with E-state index in [0.717, 1.165) is 0 Å². The minimum Gasteiger partial charge on any atom is -0.458 e. The molecule has 2 rings (SSSR count). The summed E-state index contributed by atoms with van der Waals surface area (Å²) >= 11 is 0. The summed E-state index contributed by atoms with van der Waals surface area (Å²) in [6.07, 6.45) is 2.65. The van der Waals surface area contributed by atoms with Crippen LogP contribution < -0.4 is 4.72 Å². The van der Waals surface area contributed by atoms with E-state index in [0.29, 0.717) is 19.4 Å². The number of esters is 1. The SMILES string of the molecule is C=CCNS(=O)(=O)c1cccc(C(=O)N2CCC[C@@H]2C(=O)OC(C)(C)C)c1. The molecule has 1 saturated heterocycles. The van der Waals surface area contributed by atoms with Crippen molar-refractivity contribution in [1.29, 1.82) is 0 Å². The molecular formula is C19H26N2O5S. The number of nitrogens with one attached hydrogen (secondary N) is 1. The van der Waals surface area contributed by atoms with Crippen LogP contribution in [0.2, 0.25) is 0 Å². The van der Waals surface area contributed by atoms with Gasteiger partial charge in [-0.3, -0.25) is 4.79 Å². The first-order chi connectivity index (χ1) is 12.5. The first kappa shape index (κ1) is 21.1. The van der Waals surface area contributed by atoms with Crippen molar-refractivity contribution in [2.45, 2.75) is 50.2 Å². The number of likely N-dealkylation sites (tertiary alicyclic amines) is 1. The predicted octanol–water partition coefficient (Wildman–Crippen LogP) is 2.10. The monoisotopic (exact) mass is 394 g/mol. The maximum Gasteiger partial charge on any atom is 0.329 e. The molecule has 1 aliphatic rings. The van der Waals surface area contributed by atoms with Crippen LogP contribution in [0, 0.1) is 0 Å². The summed E-state index contributed by atoms with van der Waals surface area (Å²) in [5.74, 6) is -0.825. The minimum atomic E-state index is -3.74. The van der Waals surface area contributed by atoms with E-state index in [1.165, 1.54) is 29.2 Å². The van der Waals surface area contributed by atoms with Crippen LogP contribution in [0.3, 0.4) is 0 Å². The summed E-state index contributed by atoms with van der Waals surface area (Å²) in [5.41, 5.74) is -0.425. The van der Waals surface area contributed by atoms with Crippen molar-refractivity contribution in [3.63, 3.8) is 0 Å². The van der Waals surface area contributed by atoms with Crippen LogP contribution in [-0.4, -0.2) is 49.9 Å². The minimum absolute atomic E-state index is 0.0109. The predicted molar refractivity (Wildman–Crippen MR) is 102 cm³/mol. The number of amides is 1. The fraction of sp³-hybridized carbons (Fsp3) is 0.474. The first-order valence-electron chi connectivity index (χ1n) is 8.79. The van der Waals surface area contributed by atoms with Crippen LogP contribution in [0.15, 0.2) is 41.8 Å². The maximum absolute atomic E-state index is 12.9. The second kappa shape index (κ2) is 8.22. The Kier molecular flexibility index (Phi) is 6.43. The van der Waals surface area contributed by atoms with Gasteiger partial charge in [-0.15, -0.1) is 6.58 Å². The third kappa shape index (κ3) is 5.40. The lowest BCUT2D eigenvalue weighted by molar-refractivity contribution is -0.159. The number of hydrogen-bond acceptors (Lipinski definition) is 5. The molecule has 1 aromatic rings. The van der Waals surface area contributed by atoms with Gasteiger partial charge in [-0.1, -0.05) is 12.1 Å². The number of nitrogens with zero attached hydrogens (tertiary/aromatic N) is 1. The van der Waals surface area contributed by atoms with E-state index in [1.807, 2.05) is 0 Å². The second-order valence-corrected chi connectivity index (χ2v) is 9.13. The van der Waals surface area contributed by atoms with Gasteiger partial charge in [0.05, 0.1) is 4.90 Å². The van der Waals surface area contributed by atoms with E-state index in [9.17, 15) is 18.0 Å². The summed E-state index contributed by atoms with van der Waals surface area (Å²) in [4.78, 5) is 26.8. The Morgan fingerprint density at radius 2 is 2.07 bits per heavy atom. The molecule has 0 aliphatic carbocycles. The van der Waals surface area contributed by atoms with Crippen molar-refractivity contribution in [3.8, 4) is 0 Å². The number of sulfonamides is 1. The molecule has 0 bridgehead atoms. The van der Waals surface area contributed by atoms with Crippen molar-refractivity contribution in [3.05, 3.63) is 42.5 Å². The molecule has 1 fully saturated rings. The summed E-state index contributed by atoms with van der Waals surface area (Å²) in [6.45, 7) is 9.31. The number of benzene rings is 1. The smallest absolute Gasteiger partial charge is 0.329 e. The molecule has 1 heterocycles. The van der Waals surface area contributed by atoms with Crippen molar-refractivity contribution >= 4 is 21.9 Å². The largest absolute Gasteiger partial charge is 0.458 e. The molecular weight excluding hydrogens is 368 g/mol. The molecule has 7 nitrogen and oxygen atoms in total. The first-order valence-corrected chi connectivity index (χ1v) is 10.3. The molecule has 0 spiro atoms. The van der Waals surface area contributed by atoms with Gasteiger partial charge in [0.25, 0.3) is 5.91 Å². The zero-order valence-corrected chi connectivity index (χ0v) is 16.7. The molecule has 0 unspecified atom stereocenters. The van der Waals surface area contributed by atoms with Crippen LogP contribution in [0.4, 0.5) is 0 Å². The molecule has 1 amide bonds. The standard InChI is InChI=1S/C19H26N2O5S/c1-5-11-20-27(24,25)15-9-6-8-14(13-15)17(22)21-12-7-10-16(21)18(23)26-19(2,3)4/h5-6,8-9,13,16,20H,1,7,10-12H2,2-4H3/t16-/m1/s1. The van der Waals surface area contributed by atoms with Gasteiger partial charge in [-0.25, -0.2) is 17.9 Å². The molecule has 1 atom stereocenters. The summed E-state index contributed by atoms with van der Waals surface area (Å²) in [5, 5.41) is 0. The third-order valence-electron chi connectivity index (χ3n) is 4.00. The van der Waals surface area contributed by atoms with Gasteiger partial charge in [-0.05, 0) is 51.8 Å². The van der Waals surface area contributed by atoms with Gasteiger partial charge in [0.1, 0.15) is 11.6 Å². The van der Waals surface area contributed by atoms with Crippen LogP contribution in [0.5, 0.6) is 0 Å². The van der Waals surface area contributed by atoms with Gasteiger partial charge < -0.3 is 9.64 Å². The van der Waals surface area contributed by atoms with Gasteiger partial charge in [0.2, 0.25) is 10.0 Å². The average Bonchev–Trinajstić information content (AvgIpc) is 3.08. The Morgan fingerprint density at radius 3 is 2.70 bits per heavy atom. The highest BCUT2D eigenvalue weighted by Gasteiger charge is 2.37. The van der Waals surface area contributed by atoms with Crippen molar-refractivity contribution in [2.75, 3.05) is 13.1 Å². The van der Waals surface area contributed by atoms with E-state index < -0.39 is 27.6 Å². The highest BCUT2D eigenvalue weighted by atomic mass is 32.2. The molecule has 8 heteroatoms. The molecule has 1 N–H and O–H groups in total. The van der Waals surface area contributed by atoms with Crippen molar-refractivity contribution < 1.29 is 22.7 Å². The summed E-state index contributed by atoms with van der Waals surface area (Å²) in [6, 6.07) is 5.12. The van der Waals surface area contributed by atoms with Crippen LogP contribution >= 0.6 is 0 Å². The molecule has 0 radical (unpaired) electrons. The highest BCUT2D eigenvalue weighted by Crippen LogP contribution is 2.24. The van der Waals surface area contributed by atoms with Gasteiger partial charge in [-0.2, -0.15) is 0 Å². The van der Waals surface area contributed by atoms with Crippen LogP contribution in [0.1, 0.15) is 44.0 Å². The molecule has 1 aromatic carbocycles. The van der Waals surface area contributed by atoms with Gasteiger partial charge >= 0.3 is 5.97 Å². The lowest BCUT2D eigenvalue weighted by Gasteiger charge is -2.27. The van der Waals surface area contributed by atoms with E-state index in [-0.39, 0.29) is 22.9 Å². The highest BCUT2D eigenvalue weighted by molar-refractivity contribution is 7.89. The zero-order valence-electron chi connectivity index (χ0n) is 15.9. The Hall–Kier alpha value is -2.19. The van der Waals surface area contributed by atoms with Crippen molar-refractivity contribution in [2.24, 2.45) is 0 Å². The van der Waals surface area contributed by atoms with Crippen LogP contribution in [0.25, 0.3) is 0 Å². The maximum atomic E-state index is 12.9. The number of hydrogen-bond donors (Lipinski definition) is 1. The Bertz CT molecular complexity index is 827. The Labute approximate surface area is 160 Å². The Morgan fingerprint density at radius 1 is 1.37 bits per heavy atom.